The fourth-order valence-electron chi connectivity index (χ4n) is 1.47. The molecule has 0 heterocycles. The van der Waals surface area contributed by atoms with Gasteiger partial charge in [-0.15, -0.1) is 6.58 Å². The van der Waals surface area contributed by atoms with Crippen LogP contribution in [0.25, 0.3) is 0 Å². The lowest BCUT2D eigenvalue weighted by atomic mass is 10.0. The number of nitrogens with zero attached hydrogens (tertiary/aromatic N) is 1. The van der Waals surface area contributed by atoms with Crippen molar-refractivity contribution in [2.45, 2.75) is 32.7 Å². The number of hydrogen-bond acceptors (Lipinski definition) is 2. The van der Waals surface area contributed by atoms with Gasteiger partial charge in [-0.2, -0.15) is 0 Å². The smallest absolute Gasteiger partial charge is 0.405 e. The van der Waals surface area contributed by atoms with Crippen molar-refractivity contribution in [3.63, 3.8) is 0 Å². The zero-order chi connectivity index (χ0) is 13.4. The third kappa shape index (κ3) is 5.94. The summed E-state index contributed by atoms with van der Waals surface area (Å²) in [6, 6.07) is -0.679. The highest BCUT2D eigenvalue weighted by Crippen LogP contribution is 2.06. The molecule has 0 aromatic carbocycles. The third-order valence-corrected chi connectivity index (χ3v) is 2.49. The van der Waals surface area contributed by atoms with Gasteiger partial charge in [0.1, 0.15) is 6.04 Å². The summed E-state index contributed by atoms with van der Waals surface area (Å²) in [5.74, 6) is -0.257. The molecule has 0 unspecified atom stereocenters. The molecule has 0 fully saturated rings. The number of allylic oxidation sites excluding steroid dienone is 1. The summed E-state index contributed by atoms with van der Waals surface area (Å²) in [6.45, 7) is 7.85. The Morgan fingerprint density at radius 1 is 1.47 bits per heavy atom. The van der Waals surface area contributed by atoms with Gasteiger partial charge in [0.25, 0.3) is 0 Å². The van der Waals surface area contributed by atoms with Crippen molar-refractivity contribution in [2.24, 2.45) is 5.92 Å². The van der Waals surface area contributed by atoms with Crippen molar-refractivity contribution in [1.29, 1.82) is 0 Å². The highest BCUT2D eigenvalue weighted by atomic mass is 16.4. The van der Waals surface area contributed by atoms with E-state index in [0.717, 1.165) is 12.8 Å². The highest BCUT2D eigenvalue weighted by Gasteiger charge is 2.26. The number of amides is 2. The van der Waals surface area contributed by atoms with Gasteiger partial charge >= 0.3 is 6.09 Å². The maximum absolute atomic E-state index is 12.0. The molecule has 2 amide bonds. The number of likely N-dealkylation sites (N-methyl/N-ethyl adjacent to an activating group) is 1. The molecule has 0 rings (SSSR count). The molecule has 0 aromatic rings. The average Bonchev–Trinajstić information content (AvgIpc) is 2.24. The van der Waals surface area contributed by atoms with E-state index in [1.807, 2.05) is 13.8 Å². The molecule has 0 aliphatic rings. The number of unbranched alkanes of at least 4 members (excludes halogenated alkanes) is 1. The summed E-state index contributed by atoms with van der Waals surface area (Å²) in [6.07, 6.45) is 2.31. The Labute approximate surface area is 102 Å². The van der Waals surface area contributed by atoms with Gasteiger partial charge in [0.2, 0.25) is 5.91 Å². The topological polar surface area (TPSA) is 69.6 Å². The van der Waals surface area contributed by atoms with E-state index >= 15 is 0 Å². The average molecular weight is 242 g/mol. The predicted octanol–water partition coefficient (Wildman–Crippen LogP) is 1.70. The lowest BCUT2D eigenvalue weighted by Crippen LogP contribution is -2.50. The van der Waals surface area contributed by atoms with Gasteiger partial charge in [0.15, 0.2) is 0 Å². The Morgan fingerprint density at radius 2 is 2.06 bits per heavy atom. The normalized spacial score (nSPS) is 12.0. The second-order valence-electron chi connectivity index (χ2n) is 4.36. The monoisotopic (exact) mass is 242 g/mol. The zero-order valence-corrected chi connectivity index (χ0v) is 10.8. The molecule has 17 heavy (non-hydrogen) atoms. The van der Waals surface area contributed by atoms with E-state index in [4.69, 9.17) is 5.11 Å². The van der Waals surface area contributed by atoms with E-state index in [2.05, 4.69) is 11.9 Å². The number of carboxylic acid groups (broad SMARTS) is 1. The zero-order valence-electron chi connectivity index (χ0n) is 10.8. The molecule has 0 bridgehead atoms. The van der Waals surface area contributed by atoms with Gasteiger partial charge < -0.3 is 15.3 Å². The van der Waals surface area contributed by atoms with Crippen LogP contribution >= 0.6 is 0 Å². The predicted molar refractivity (Wildman–Crippen MR) is 66.9 cm³/mol. The van der Waals surface area contributed by atoms with Gasteiger partial charge in [-0.25, -0.2) is 4.79 Å². The summed E-state index contributed by atoms with van der Waals surface area (Å²) in [5, 5.41) is 10.9. The lowest BCUT2D eigenvalue weighted by Gasteiger charge is -2.26. The van der Waals surface area contributed by atoms with Crippen LogP contribution < -0.4 is 5.32 Å². The van der Waals surface area contributed by atoms with Crippen molar-refractivity contribution in [1.82, 2.24) is 10.2 Å². The summed E-state index contributed by atoms with van der Waals surface area (Å²) in [4.78, 5) is 24.2. The molecule has 0 saturated heterocycles. The van der Waals surface area contributed by atoms with Crippen molar-refractivity contribution >= 4 is 12.0 Å². The molecular formula is C12H22N2O3. The maximum Gasteiger partial charge on any atom is 0.405 e. The molecule has 5 nitrogen and oxygen atoms in total. The number of carbonyl (C=O) groups is 2. The van der Waals surface area contributed by atoms with Gasteiger partial charge in [0, 0.05) is 13.6 Å². The van der Waals surface area contributed by atoms with Gasteiger partial charge in [0.05, 0.1) is 0 Å². The first kappa shape index (κ1) is 15.5. The van der Waals surface area contributed by atoms with Crippen LogP contribution in [-0.4, -0.2) is 41.6 Å². The molecule has 0 saturated carbocycles. The van der Waals surface area contributed by atoms with Crippen LogP contribution in [0.1, 0.15) is 26.7 Å². The van der Waals surface area contributed by atoms with Gasteiger partial charge in [-0.1, -0.05) is 19.9 Å². The Bertz CT molecular complexity index is 277. The van der Waals surface area contributed by atoms with Crippen LogP contribution in [-0.2, 0) is 4.79 Å². The number of nitrogens with one attached hydrogen (secondary N) is 1. The maximum atomic E-state index is 12.0. The van der Waals surface area contributed by atoms with E-state index in [1.165, 1.54) is 0 Å². The van der Waals surface area contributed by atoms with Crippen molar-refractivity contribution in [3.8, 4) is 0 Å². The molecule has 5 heteroatoms. The number of hydrogen-bond donors (Lipinski definition) is 2. The number of rotatable bonds is 7. The van der Waals surface area contributed by atoms with E-state index in [9.17, 15) is 9.59 Å². The Morgan fingerprint density at radius 3 is 2.47 bits per heavy atom. The standard InChI is InChI=1S/C12H22N2O3/c1-5-6-7-8-14(4)11(15)10(9(2)3)13-12(16)17/h5,9-10,13H,1,6-8H2,2-4H3,(H,16,17)/t10-/m0/s1. The summed E-state index contributed by atoms with van der Waals surface area (Å²) in [7, 11) is 1.68. The molecule has 0 spiro atoms. The van der Waals surface area contributed by atoms with Crippen LogP contribution in [0.3, 0.4) is 0 Å². The minimum absolute atomic E-state index is 0.0690. The Hall–Kier alpha value is -1.52. The van der Waals surface area contributed by atoms with Crippen LogP contribution in [0, 0.1) is 5.92 Å². The van der Waals surface area contributed by atoms with Crippen LogP contribution in [0.4, 0.5) is 4.79 Å². The van der Waals surface area contributed by atoms with Crippen LogP contribution in [0.2, 0.25) is 0 Å². The minimum atomic E-state index is -1.17. The molecule has 98 valence electrons. The van der Waals surface area contributed by atoms with Crippen molar-refractivity contribution in [2.75, 3.05) is 13.6 Å². The first-order chi connectivity index (χ1) is 7.90. The largest absolute Gasteiger partial charge is 0.465 e. The fourth-order valence-corrected chi connectivity index (χ4v) is 1.47. The molecule has 0 radical (unpaired) electrons. The van der Waals surface area contributed by atoms with Crippen LogP contribution in [0.15, 0.2) is 12.7 Å². The molecule has 1 atom stereocenters. The lowest BCUT2D eigenvalue weighted by molar-refractivity contribution is -0.133. The summed E-state index contributed by atoms with van der Waals surface area (Å²) in [5.41, 5.74) is 0. The number of carbonyl (C=O) groups excluding carboxylic acids is 1. The van der Waals surface area contributed by atoms with Gasteiger partial charge in [-0.05, 0) is 18.8 Å². The SMILES string of the molecule is C=CCCCN(C)C(=O)[C@@H](NC(=O)O)C(C)C. The molecule has 0 aliphatic heterocycles. The van der Waals surface area contributed by atoms with E-state index in [1.54, 1.807) is 18.0 Å². The van der Waals surface area contributed by atoms with Gasteiger partial charge in [-0.3, -0.25) is 4.79 Å². The Balaban J connectivity index is 4.38. The molecule has 0 aliphatic carbocycles. The highest BCUT2D eigenvalue weighted by molar-refractivity contribution is 5.85. The fraction of sp³-hybridized carbons (Fsp3) is 0.667. The molecular weight excluding hydrogens is 220 g/mol. The van der Waals surface area contributed by atoms with E-state index in [0.29, 0.717) is 6.54 Å². The molecule has 2 N–H and O–H groups in total. The van der Waals surface area contributed by atoms with Crippen molar-refractivity contribution < 1.29 is 14.7 Å². The molecule has 0 aromatic heterocycles. The summed E-state index contributed by atoms with van der Waals surface area (Å²) >= 11 is 0. The van der Waals surface area contributed by atoms with Crippen molar-refractivity contribution in [3.05, 3.63) is 12.7 Å². The third-order valence-electron chi connectivity index (χ3n) is 2.49. The van der Waals surface area contributed by atoms with E-state index < -0.39 is 12.1 Å². The summed E-state index contributed by atoms with van der Waals surface area (Å²) < 4.78 is 0. The Kier molecular flexibility index (Phi) is 7.02. The first-order valence-electron chi connectivity index (χ1n) is 5.75. The first-order valence-corrected chi connectivity index (χ1v) is 5.75. The van der Waals surface area contributed by atoms with E-state index in [-0.39, 0.29) is 11.8 Å². The quantitative estimate of drug-likeness (QED) is 0.527. The second kappa shape index (κ2) is 7.70. The minimum Gasteiger partial charge on any atom is -0.465 e. The second-order valence-corrected chi connectivity index (χ2v) is 4.36. The van der Waals surface area contributed by atoms with Crippen LogP contribution in [0.5, 0.6) is 0 Å².